The van der Waals surface area contributed by atoms with Gasteiger partial charge in [0.1, 0.15) is 6.29 Å². The number of carbonyl (C=O) groups is 1. The summed E-state index contributed by atoms with van der Waals surface area (Å²) >= 11 is 0. The van der Waals surface area contributed by atoms with E-state index in [-0.39, 0.29) is 0 Å². The zero-order valence-electron chi connectivity index (χ0n) is 11.2. The second-order valence-electron chi connectivity index (χ2n) is 5.95. The van der Waals surface area contributed by atoms with Crippen molar-refractivity contribution in [3.05, 3.63) is 23.3 Å². The summed E-state index contributed by atoms with van der Waals surface area (Å²) in [5, 5.41) is 0. The van der Waals surface area contributed by atoms with Crippen molar-refractivity contribution in [3.63, 3.8) is 0 Å². The highest BCUT2D eigenvalue weighted by Gasteiger charge is 2.32. The van der Waals surface area contributed by atoms with Crippen molar-refractivity contribution < 1.29 is 4.79 Å². The second-order valence-corrected chi connectivity index (χ2v) is 5.95. The Hall–Kier alpha value is -0.850. The van der Waals surface area contributed by atoms with E-state index in [0.717, 1.165) is 37.0 Å². The molecule has 0 unspecified atom stereocenters. The minimum absolute atomic E-state index is 0.624. The molecule has 0 aromatic carbocycles. The van der Waals surface area contributed by atoms with E-state index in [9.17, 15) is 4.79 Å². The predicted octanol–water partition coefficient (Wildman–Crippen LogP) is 4.29. The van der Waals surface area contributed by atoms with E-state index in [2.05, 4.69) is 20.4 Å². The molecule has 0 bridgehead atoms. The van der Waals surface area contributed by atoms with Crippen LogP contribution < -0.4 is 0 Å². The minimum atomic E-state index is 0.624. The van der Waals surface area contributed by atoms with Crippen LogP contribution in [0.4, 0.5) is 0 Å². The van der Waals surface area contributed by atoms with Crippen LogP contribution in [0.25, 0.3) is 0 Å². The summed E-state index contributed by atoms with van der Waals surface area (Å²) in [6.45, 7) is 8.58. The summed E-state index contributed by atoms with van der Waals surface area (Å²) in [6.07, 6.45) is 8.17. The van der Waals surface area contributed by atoms with Crippen molar-refractivity contribution >= 4 is 6.29 Å². The molecule has 0 saturated heterocycles. The van der Waals surface area contributed by atoms with E-state index >= 15 is 0 Å². The Labute approximate surface area is 105 Å². The van der Waals surface area contributed by atoms with Gasteiger partial charge in [0.15, 0.2) is 0 Å². The Morgan fingerprint density at radius 2 is 2.00 bits per heavy atom. The fraction of sp³-hybridized carbons (Fsp3) is 0.688. The third-order valence-electron chi connectivity index (χ3n) is 4.84. The van der Waals surface area contributed by atoms with Crippen LogP contribution in [0.5, 0.6) is 0 Å². The Bertz CT molecular complexity index is 351. The molecular weight excluding hydrogens is 208 g/mol. The number of carbonyl (C=O) groups excluding carboxylic acids is 1. The molecule has 0 N–H and O–H groups in total. The fourth-order valence-electron chi connectivity index (χ4n) is 3.61. The zero-order chi connectivity index (χ0) is 12.4. The van der Waals surface area contributed by atoms with Gasteiger partial charge in [0.25, 0.3) is 0 Å². The minimum Gasteiger partial charge on any atom is -0.298 e. The van der Waals surface area contributed by atoms with Gasteiger partial charge in [-0.05, 0) is 68.8 Å². The summed E-state index contributed by atoms with van der Waals surface area (Å²) in [5.41, 5.74) is 3.90. The molecule has 1 fully saturated rings. The molecule has 94 valence electrons. The van der Waals surface area contributed by atoms with E-state index in [4.69, 9.17) is 0 Å². The monoisotopic (exact) mass is 232 g/mol. The largest absolute Gasteiger partial charge is 0.298 e. The average molecular weight is 232 g/mol. The van der Waals surface area contributed by atoms with Gasteiger partial charge >= 0.3 is 0 Å². The summed E-state index contributed by atoms with van der Waals surface area (Å²) in [6, 6.07) is 0. The molecule has 2 rings (SSSR count). The van der Waals surface area contributed by atoms with Crippen LogP contribution in [0.2, 0.25) is 0 Å². The lowest BCUT2D eigenvalue weighted by Crippen LogP contribution is -2.15. The maximum Gasteiger partial charge on any atom is 0.145 e. The van der Waals surface area contributed by atoms with Crippen LogP contribution in [-0.2, 0) is 4.79 Å². The quantitative estimate of drug-likeness (QED) is 0.512. The summed E-state index contributed by atoms with van der Waals surface area (Å²) in [4.78, 5) is 11.3. The molecule has 0 radical (unpaired) electrons. The molecule has 17 heavy (non-hydrogen) atoms. The molecule has 2 aliphatic carbocycles. The van der Waals surface area contributed by atoms with Crippen molar-refractivity contribution in [1.82, 2.24) is 0 Å². The van der Waals surface area contributed by atoms with Crippen LogP contribution in [0.3, 0.4) is 0 Å². The molecular formula is C16H24O. The predicted molar refractivity (Wildman–Crippen MR) is 71.8 cm³/mol. The summed E-state index contributed by atoms with van der Waals surface area (Å²) in [5.74, 6) is 2.07. The van der Waals surface area contributed by atoms with E-state index in [1.807, 2.05) is 0 Å². The average Bonchev–Trinajstić information content (AvgIpc) is 2.60. The lowest BCUT2D eigenvalue weighted by atomic mass is 9.78. The van der Waals surface area contributed by atoms with Crippen molar-refractivity contribution in [1.29, 1.82) is 0 Å². The van der Waals surface area contributed by atoms with Crippen LogP contribution in [0, 0.1) is 17.8 Å². The fourth-order valence-corrected chi connectivity index (χ4v) is 3.61. The van der Waals surface area contributed by atoms with Gasteiger partial charge in [-0.25, -0.2) is 0 Å². The first-order chi connectivity index (χ1) is 8.13. The number of aldehydes is 1. The lowest BCUT2D eigenvalue weighted by molar-refractivity contribution is -0.105. The smallest absolute Gasteiger partial charge is 0.145 e. The molecule has 1 saturated carbocycles. The van der Waals surface area contributed by atoms with Gasteiger partial charge in [-0.3, -0.25) is 4.79 Å². The highest BCUT2D eigenvalue weighted by Crippen LogP contribution is 2.44. The van der Waals surface area contributed by atoms with Gasteiger partial charge in [-0.15, -0.1) is 0 Å². The van der Waals surface area contributed by atoms with Gasteiger partial charge in [0, 0.05) is 0 Å². The summed E-state index contributed by atoms with van der Waals surface area (Å²) < 4.78 is 0. The molecule has 0 aliphatic heterocycles. The Kier molecular flexibility index (Phi) is 3.86. The number of hydrogen-bond donors (Lipinski definition) is 0. The van der Waals surface area contributed by atoms with E-state index in [1.54, 1.807) is 0 Å². The molecule has 0 aromatic heterocycles. The molecule has 1 nitrogen and oxygen atoms in total. The van der Waals surface area contributed by atoms with Crippen molar-refractivity contribution in [3.8, 4) is 0 Å². The SMILES string of the molecule is C=C(C)[C@@H]1CC/C(C=O)=C2\CC[C@H](C)[C@@H]2CC1. The lowest BCUT2D eigenvalue weighted by Gasteiger charge is -2.26. The topological polar surface area (TPSA) is 17.1 Å². The highest BCUT2D eigenvalue weighted by atomic mass is 16.1. The molecule has 1 heteroatoms. The molecule has 2 aliphatic rings. The first-order valence-electron chi connectivity index (χ1n) is 6.96. The molecule has 0 heterocycles. The van der Waals surface area contributed by atoms with Crippen LogP contribution in [0.1, 0.15) is 52.4 Å². The second kappa shape index (κ2) is 5.20. The number of allylic oxidation sites excluding steroid dienone is 3. The Balaban J connectivity index is 2.23. The van der Waals surface area contributed by atoms with Crippen molar-refractivity contribution in [2.75, 3.05) is 0 Å². The third-order valence-corrected chi connectivity index (χ3v) is 4.84. The first kappa shape index (κ1) is 12.6. The van der Waals surface area contributed by atoms with Crippen molar-refractivity contribution in [2.45, 2.75) is 52.4 Å². The van der Waals surface area contributed by atoms with Gasteiger partial charge in [0.2, 0.25) is 0 Å². The number of hydrogen-bond acceptors (Lipinski definition) is 1. The maximum atomic E-state index is 11.3. The molecule has 0 aromatic rings. The van der Waals surface area contributed by atoms with E-state index in [1.165, 1.54) is 30.4 Å². The van der Waals surface area contributed by atoms with E-state index < -0.39 is 0 Å². The van der Waals surface area contributed by atoms with Crippen LogP contribution in [-0.4, -0.2) is 6.29 Å². The van der Waals surface area contributed by atoms with Gasteiger partial charge in [-0.1, -0.05) is 24.6 Å². The Morgan fingerprint density at radius 1 is 1.24 bits per heavy atom. The maximum absolute atomic E-state index is 11.3. The number of rotatable bonds is 2. The molecule has 0 spiro atoms. The zero-order valence-corrected chi connectivity index (χ0v) is 11.2. The first-order valence-corrected chi connectivity index (χ1v) is 6.96. The van der Waals surface area contributed by atoms with Gasteiger partial charge < -0.3 is 0 Å². The highest BCUT2D eigenvalue weighted by molar-refractivity contribution is 5.75. The molecule has 0 amide bonds. The van der Waals surface area contributed by atoms with Gasteiger partial charge in [0.05, 0.1) is 0 Å². The number of fused-ring (bicyclic) bond motifs is 1. The van der Waals surface area contributed by atoms with E-state index in [0.29, 0.717) is 11.8 Å². The van der Waals surface area contributed by atoms with Crippen molar-refractivity contribution in [2.24, 2.45) is 17.8 Å². The summed E-state index contributed by atoms with van der Waals surface area (Å²) in [7, 11) is 0. The Morgan fingerprint density at radius 3 is 2.65 bits per heavy atom. The third kappa shape index (κ3) is 2.53. The van der Waals surface area contributed by atoms with Gasteiger partial charge in [-0.2, -0.15) is 0 Å². The standard InChI is InChI=1S/C16H24O/c1-11(2)13-5-6-14(10-17)16-8-4-12(3)15(16)9-7-13/h10,12-13,15H,1,4-9H2,2-3H3/b16-14-/t12-,13+,15-/m0/s1. The normalized spacial score (nSPS) is 38.1. The molecule has 3 atom stereocenters. The van der Waals surface area contributed by atoms with Crippen LogP contribution in [0.15, 0.2) is 23.3 Å². The van der Waals surface area contributed by atoms with Crippen LogP contribution >= 0.6 is 0 Å².